The summed E-state index contributed by atoms with van der Waals surface area (Å²) in [6.45, 7) is 5.47. The maximum absolute atomic E-state index is 12.4. The first kappa shape index (κ1) is 19.8. The molecule has 0 bridgehead atoms. The van der Waals surface area contributed by atoms with E-state index in [1.807, 2.05) is 0 Å². The summed E-state index contributed by atoms with van der Waals surface area (Å²) in [5, 5.41) is 14.2. The molecule has 7 nitrogen and oxygen atoms in total. The second-order valence-corrected chi connectivity index (χ2v) is 7.44. The SMILES string of the molecule is Cc1cc(C)c(S(=O)(=O)NCCC2CCNC2)cc1[N+](=O)[O-].Cl. The minimum absolute atomic E-state index is 0. The number of benzene rings is 1. The fourth-order valence-corrected chi connectivity index (χ4v) is 4.04. The summed E-state index contributed by atoms with van der Waals surface area (Å²) in [5.74, 6) is 0.483. The number of nitrogens with one attached hydrogen (secondary N) is 2. The molecule has 130 valence electrons. The minimum atomic E-state index is -3.73. The highest BCUT2D eigenvalue weighted by atomic mass is 35.5. The van der Waals surface area contributed by atoms with Crippen molar-refractivity contribution in [3.05, 3.63) is 33.4 Å². The molecule has 1 atom stereocenters. The molecule has 0 amide bonds. The maximum atomic E-state index is 12.4. The molecule has 1 fully saturated rings. The molecule has 1 aliphatic heterocycles. The molecule has 1 unspecified atom stereocenters. The van der Waals surface area contributed by atoms with Gasteiger partial charge in [0.2, 0.25) is 10.0 Å². The molecule has 9 heteroatoms. The fraction of sp³-hybridized carbons (Fsp3) is 0.571. The number of sulfonamides is 1. The highest BCUT2D eigenvalue weighted by Crippen LogP contribution is 2.25. The summed E-state index contributed by atoms with van der Waals surface area (Å²) in [5.41, 5.74) is 0.794. The molecule has 1 heterocycles. The molecule has 0 saturated carbocycles. The van der Waals surface area contributed by atoms with Crippen molar-refractivity contribution in [2.75, 3.05) is 19.6 Å². The Bertz CT molecular complexity index is 673. The number of hydrogen-bond acceptors (Lipinski definition) is 5. The molecule has 1 saturated heterocycles. The Morgan fingerprint density at radius 3 is 2.61 bits per heavy atom. The molecule has 0 aromatic heterocycles. The molecule has 0 spiro atoms. The van der Waals surface area contributed by atoms with E-state index in [1.54, 1.807) is 13.8 Å². The Balaban J connectivity index is 0.00000264. The van der Waals surface area contributed by atoms with E-state index < -0.39 is 14.9 Å². The first-order valence-corrected chi connectivity index (χ1v) is 8.75. The van der Waals surface area contributed by atoms with Crippen molar-refractivity contribution in [3.63, 3.8) is 0 Å². The van der Waals surface area contributed by atoms with Gasteiger partial charge in [0.1, 0.15) is 0 Å². The number of rotatable bonds is 6. The number of nitrogens with zero attached hydrogens (tertiary/aromatic N) is 1. The molecule has 1 aliphatic rings. The largest absolute Gasteiger partial charge is 0.316 e. The predicted molar refractivity (Wildman–Crippen MR) is 90.6 cm³/mol. The highest BCUT2D eigenvalue weighted by molar-refractivity contribution is 7.89. The van der Waals surface area contributed by atoms with Gasteiger partial charge in [0.05, 0.1) is 9.82 Å². The van der Waals surface area contributed by atoms with Crippen LogP contribution in [0.4, 0.5) is 5.69 Å². The minimum Gasteiger partial charge on any atom is -0.316 e. The summed E-state index contributed by atoms with van der Waals surface area (Å²) in [6, 6.07) is 2.68. The molecule has 2 N–H and O–H groups in total. The lowest BCUT2D eigenvalue weighted by atomic mass is 10.1. The molecule has 0 aliphatic carbocycles. The van der Waals surface area contributed by atoms with Crippen LogP contribution in [0, 0.1) is 29.9 Å². The average Bonchev–Trinajstić information content (AvgIpc) is 2.90. The Labute approximate surface area is 142 Å². The van der Waals surface area contributed by atoms with Crippen molar-refractivity contribution >= 4 is 28.1 Å². The van der Waals surface area contributed by atoms with Crippen molar-refractivity contribution in [2.24, 2.45) is 5.92 Å². The van der Waals surface area contributed by atoms with Crippen LogP contribution in [0.25, 0.3) is 0 Å². The Morgan fingerprint density at radius 2 is 2.04 bits per heavy atom. The van der Waals surface area contributed by atoms with Crippen LogP contribution < -0.4 is 10.0 Å². The molecule has 0 radical (unpaired) electrons. The van der Waals surface area contributed by atoms with Crippen LogP contribution in [0.3, 0.4) is 0 Å². The van der Waals surface area contributed by atoms with Gasteiger partial charge in [0.15, 0.2) is 0 Å². The predicted octanol–water partition coefficient (Wildman–Crippen LogP) is 1.91. The van der Waals surface area contributed by atoms with Gasteiger partial charge in [-0.1, -0.05) is 0 Å². The van der Waals surface area contributed by atoms with Crippen LogP contribution >= 0.6 is 12.4 Å². The second kappa shape index (κ2) is 8.05. The Kier molecular flexibility index (Phi) is 6.94. The van der Waals surface area contributed by atoms with Crippen LogP contribution in [0.2, 0.25) is 0 Å². The first-order chi connectivity index (χ1) is 10.3. The van der Waals surface area contributed by atoms with Crippen molar-refractivity contribution < 1.29 is 13.3 Å². The zero-order chi connectivity index (χ0) is 16.3. The van der Waals surface area contributed by atoms with Gasteiger partial charge in [0.25, 0.3) is 5.69 Å². The first-order valence-electron chi connectivity index (χ1n) is 7.27. The van der Waals surface area contributed by atoms with E-state index >= 15 is 0 Å². The van der Waals surface area contributed by atoms with Crippen molar-refractivity contribution in [1.29, 1.82) is 0 Å². The topological polar surface area (TPSA) is 101 Å². The van der Waals surface area contributed by atoms with E-state index in [4.69, 9.17) is 0 Å². The van der Waals surface area contributed by atoms with Gasteiger partial charge in [-0.15, -0.1) is 12.4 Å². The summed E-state index contributed by atoms with van der Waals surface area (Å²) < 4.78 is 27.3. The van der Waals surface area contributed by atoms with Gasteiger partial charge in [-0.05, 0) is 57.3 Å². The van der Waals surface area contributed by atoms with Gasteiger partial charge >= 0.3 is 0 Å². The zero-order valence-corrected chi connectivity index (χ0v) is 14.8. The summed E-state index contributed by atoms with van der Waals surface area (Å²) in [4.78, 5) is 10.4. The van der Waals surface area contributed by atoms with Gasteiger partial charge in [-0.25, -0.2) is 13.1 Å². The molecular weight excluding hydrogens is 342 g/mol. The van der Waals surface area contributed by atoms with E-state index in [0.29, 0.717) is 23.6 Å². The number of hydrogen-bond donors (Lipinski definition) is 2. The van der Waals surface area contributed by atoms with E-state index in [2.05, 4.69) is 10.0 Å². The lowest BCUT2D eigenvalue weighted by Gasteiger charge is -2.12. The monoisotopic (exact) mass is 363 g/mol. The molecular formula is C14H22ClN3O4S. The van der Waals surface area contributed by atoms with Crippen molar-refractivity contribution in [2.45, 2.75) is 31.6 Å². The van der Waals surface area contributed by atoms with Gasteiger partial charge < -0.3 is 5.32 Å². The van der Waals surface area contributed by atoms with E-state index in [-0.39, 0.29) is 23.0 Å². The normalized spacial score (nSPS) is 17.7. The summed E-state index contributed by atoms with van der Waals surface area (Å²) in [7, 11) is -3.73. The molecule has 23 heavy (non-hydrogen) atoms. The lowest BCUT2D eigenvalue weighted by molar-refractivity contribution is -0.385. The number of nitro groups is 1. The average molecular weight is 364 g/mol. The van der Waals surface area contributed by atoms with E-state index in [1.165, 1.54) is 6.07 Å². The van der Waals surface area contributed by atoms with Crippen LogP contribution in [0.1, 0.15) is 24.0 Å². The molecule has 1 aromatic carbocycles. The quantitative estimate of drug-likeness (QED) is 0.593. The maximum Gasteiger partial charge on any atom is 0.273 e. The third-order valence-electron chi connectivity index (χ3n) is 3.99. The summed E-state index contributed by atoms with van der Waals surface area (Å²) in [6.07, 6.45) is 1.82. The van der Waals surface area contributed by atoms with Crippen molar-refractivity contribution in [3.8, 4) is 0 Å². The second-order valence-electron chi connectivity index (χ2n) is 5.71. The Hall–Kier alpha value is -1.22. The van der Waals surface area contributed by atoms with Crippen molar-refractivity contribution in [1.82, 2.24) is 10.0 Å². The Morgan fingerprint density at radius 1 is 1.35 bits per heavy atom. The van der Waals surface area contributed by atoms with E-state index in [9.17, 15) is 18.5 Å². The van der Waals surface area contributed by atoms with Gasteiger partial charge in [-0.3, -0.25) is 10.1 Å². The van der Waals surface area contributed by atoms with Gasteiger partial charge in [0, 0.05) is 18.2 Å². The fourth-order valence-electron chi connectivity index (χ4n) is 2.74. The smallest absolute Gasteiger partial charge is 0.273 e. The van der Waals surface area contributed by atoms with Crippen LogP contribution in [0.5, 0.6) is 0 Å². The number of aryl methyl sites for hydroxylation is 2. The third-order valence-corrected chi connectivity index (χ3v) is 5.59. The third kappa shape index (κ3) is 4.87. The van der Waals surface area contributed by atoms with E-state index in [0.717, 1.165) is 32.0 Å². The van der Waals surface area contributed by atoms with Crippen LogP contribution in [0.15, 0.2) is 17.0 Å². The number of halogens is 1. The number of nitro benzene ring substituents is 1. The summed E-state index contributed by atoms with van der Waals surface area (Å²) >= 11 is 0. The van der Waals surface area contributed by atoms with Gasteiger partial charge in [-0.2, -0.15) is 0 Å². The van der Waals surface area contributed by atoms with Crippen LogP contribution in [-0.4, -0.2) is 33.0 Å². The molecule has 2 rings (SSSR count). The standard InChI is InChI=1S/C14H21N3O4S.ClH/c1-10-7-11(2)14(8-13(10)17(18)19)22(20,21)16-6-4-12-3-5-15-9-12;/h7-8,12,15-16H,3-6,9H2,1-2H3;1H. The zero-order valence-electron chi connectivity index (χ0n) is 13.2. The van der Waals surface area contributed by atoms with Crippen LogP contribution in [-0.2, 0) is 10.0 Å². The molecule has 1 aromatic rings. The lowest BCUT2D eigenvalue weighted by Crippen LogP contribution is -2.27. The highest BCUT2D eigenvalue weighted by Gasteiger charge is 2.23.